The highest BCUT2D eigenvalue weighted by atomic mass is 35.5. The predicted molar refractivity (Wildman–Crippen MR) is 67.3 cm³/mol. The summed E-state index contributed by atoms with van der Waals surface area (Å²) in [5.74, 6) is -0.310. The molecule has 0 radical (unpaired) electrons. The summed E-state index contributed by atoms with van der Waals surface area (Å²) in [5, 5.41) is 2.22. The van der Waals surface area contributed by atoms with Crippen LogP contribution in [0, 0.1) is 0 Å². The fourth-order valence-electron chi connectivity index (χ4n) is 1.23. The fraction of sp³-hybridized carbons (Fsp3) is 0.273. The third-order valence-corrected chi connectivity index (χ3v) is 2.40. The smallest absolute Gasteiger partial charge is 0.318 e. The molecule has 0 aromatic heterocycles. The Morgan fingerprint density at radius 1 is 1.50 bits per heavy atom. The number of carbonyl (C=O) groups is 2. The SMILES string of the molecule is C[C@@H](N)c1ccc(OCC(=O)NC(N)=O)c(Cl)c1. The first kappa shape index (κ1) is 14.3. The van der Waals surface area contributed by atoms with Crippen molar-refractivity contribution in [2.45, 2.75) is 13.0 Å². The second-order valence-electron chi connectivity index (χ2n) is 3.68. The molecule has 0 bridgehead atoms. The molecule has 0 saturated heterocycles. The molecule has 1 rings (SSSR count). The number of hydrogen-bond acceptors (Lipinski definition) is 4. The van der Waals surface area contributed by atoms with Gasteiger partial charge in [0.15, 0.2) is 6.61 Å². The van der Waals surface area contributed by atoms with Crippen LogP contribution in [0.5, 0.6) is 5.75 Å². The van der Waals surface area contributed by atoms with Crippen molar-refractivity contribution in [1.82, 2.24) is 5.32 Å². The molecule has 0 heterocycles. The third-order valence-electron chi connectivity index (χ3n) is 2.10. The van der Waals surface area contributed by atoms with Crippen LogP contribution in [0.2, 0.25) is 5.02 Å². The number of amides is 3. The van der Waals surface area contributed by atoms with Gasteiger partial charge in [-0.1, -0.05) is 17.7 Å². The first-order valence-corrected chi connectivity index (χ1v) is 5.55. The van der Waals surface area contributed by atoms with Gasteiger partial charge in [-0.05, 0) is 24.6 Å². The van der Waals surface area contributed by atoms with E-state index in [1.165, 1.54) is 0 Å². The first-order chi connectivity index (χ1) is 8.40. The lowest BCUT2D eigenvalue weighted by Gasteiger charge is -2.10. The number of imide groups is 1. The number of halogens is 1. The highest BCUT2D eigenvalue weighted by Gasteiger charge is 2.09. The Hall–Kier alpha value is -1.79. The Morgan fingerprint density at radius 3 is 2.67 bits per heavy atom. The third kappa shape index (κ3) is 4.23. The van der Waals surface area contributed by atoms with Crippen LogP contribution in [0.1, 0.15) is 18.5 Å². The molecule has 3 amide bonds. The minimum absolute atomic E-state index is 0.144. The molecule has 0 fully saturated rings. The first-order valence-electron chi connectivity index (χ1n) is 5.17. The van der Waals surface area contributed by atoms with Gasteiger partial charge in [0.25, 0.3) is 5.91 Å². The Labute approximate surface area is 109 Å². The molecule has 6 nitrogen and oxygen atoms in total. The molecule has 0 saturated carbocycles. The van der Waals surface area contributed by atoms with E-state index < -0.39 is 11.9 Å². The van der Waals surface area contributed by atoms with E-state index in [2.05, 4.69) is 0 Å². The lowest BCUT2D eigenvalue weighted by atomic mass is 10.1. The molecule has 98 valence electrons. The Balaban J connectivity index is 2.63. The topological polar surface area (TPSA) is 107 Å². The number of urea groups is 1. The molecule has 0 aliphatic carbocycles. The molecule has 0 aliphatic heterocycles. The standard InChI is InChI=1S/C11H14ClN3O3/c1-6(13)7-2-3-9(8(12)4-7)18-5-10(16)15-11(14)17/h2-4,6H,5,13H2,1H3,(H3,14,15,16,17)/t6-/m1/s1. The molecule has 1 aromatic rings. The zero-order valence-corrected chi connectivity index (χ0v) is 10.5. The largest absolute Gasteiger partial charge is 0.482 e. The van der Waals surface area contributed by atoms with E-state index >= 15 is 0 Å². The second-order valence-corrected chi connectivity index (χ2v) is 4.09. The molecule has 7 heteroatoms. The van der Waals surface area contributed by atoms with Gasteiger partial charge in [-0.2, -0.15) is 0 Å². The Morgan fingerprint density at radius 2 is 2.17 bits per heavy atom. The summed E-state index contributed by atoms with van der Waals surface area (Å²) in [6.45, 7) is 1.48. The van der Waals surface area contributed by atoms with Crippen LogP contribution in [0.4, 0.5) is 4.79 Å². The summed E-state index contributed by atoms with van der Waals surface area (Å²) in [6, 6.07) is 3.95. The molecule has 0 unspecified atom stereocenters. The number of primary amides is 1. The highest BCUT2D eigenvalue weighted by Crippen LogP contribution is 2.27. The summed E-state index contributed by atoms with van der Waals surface area (Å²) in [4.78, 5) is 21.5. The number of hydrogen-bond donors (Lipinski definition) is 3. The predicted octanol–water partition coefficient (Wildman–Crippen LogP) is 0.933. The van der Waals surface area contributed by atoms with E-state index in [1.807, 2.05) is 12.2 Å². The van der Waals surface area contributed by atoms with Gasteiger partial charge in [0, 0.05) is 6.04 Å². The van der Waals surface area contributed by atoms with Gasteiger partial charge < -0.3 is 16.2 Å². The molecular weight excluding hydrogens is 258 g/mol. The van der Waals surface area contributed by atoms with Gasteiger partial charge in [0.05, 0.1) is 5.02 Å². The maximum absolute atomic E-state index is 11.1. The second kappa shape index (κ2) is 6.23. The van der Waals surface area contributed by atoms with E-state index in [0.29, 0.717) is 10.8 Å². The Bertz CT molecular complexity index is 463. The van der Waals surface area contributed by atoms with Crippen LogP contribution >= 0.6 is 11.6 Å². The van der Waals surface area contributed by atoms with Gasteiger partial charge in [-0.15, -0.1) is 0 Å². The van der Waals surface area contributed by atoms with Gasteiger partial charge in [-0.3, -0.25) is 10.1 Å². The molecule has 5 N–H and O–H groups in total. The van der Waals surface area contributed by atoms with Crippen molar-refractivity contribution < 1.29 is 14.3 Å². The van der Waals surface area contributed by atoms with E-state index in [4.69, 9.17) is 27.8 Å². The number of rotatable bonds is 4. The van der Waals surface area contributed by atoms with Crippen LogP contribution in [-0.2, 0) is 4.79 Å². The molecule has 0 spiro atoms. The van der Waals surface area contributed by atoms with Crippen LogP contribution < -0.4 is 21.5 Å². The quantitative estimate of drug-likeness (QED) is 0.757. The molecule has 18 heavy (non-hydrogen) atoms. The lowest BCUT2D eigenvalue weighted by molar-refractivity contribution is -0.121. The number of nitrogens with two attached hydrogens (primary N) is 2. The molecule has 1 atom stereocenters. The van der Waals surface area contributed by atoms with E-state index in [0.717, 1.165) is 5.56 Å². The van der Waals surface area contributed by atoms with Gasteiger partial charge in [0.1, 0.15) is 5.75 Å². The summed E-state index contributed by atoms with van der Waals surface area (Å²) in [6.07, 6.45) is 0. The average Bonchev–Trinajstić information content (AvgIpc) is 2.26. The minimum atomic E-state index is -0.929. The van der Waals surface area contributed by atoms with Gasteiger partial charge in [-0.25, -0.2) is 4.79 Å². The number of nitrogens with one attached hydrogen (secondary N) is 1. The summed E-state index contributed by atoms with van der Waals surface area (Å²) in [7, 11) is 0. The van der Waals surface area contributed by atoms with Crippen molar-refractivity contribution in [1.29, 1.82) is 0 Å². The maximum atomic E-state index is 11.1. The van der Waals surface area contributed by atoms with Crippen molar-refractivity contribution in [3.8, 4) is 5.75 Å². The molecular formula is C11H14ClN3O3. The maximum Gasteiger partial charge on any atom is 0.318 e. The van der Waals surface area contributed by atoms with Crippen LogP contribution in [0.15, 0.2) is 18.2 Å². The van der Waals surface area contributed by atoms with Crippen LogP contribution in [-0.4, -0.2) is 18.5 Å². The average molecular weight is 272 g/mol. The number of benzene rings is 1. The van der Waals surface area contributed by atoms with E-state index in [-0.39, 0.29) is 12.6 Å². The van der Waals surface area contributed by atoms with Gasteiger partial charge in [0.2, 0.25) is 0 Å². The summed E-state index contributed by atoms with van der Waals surface area (Å²) >= 11 is 5.96. The van der Waals surface area contributed by atoms with Crippen molar-refractivity contribution in [2.24, 2.45) is 11.5 Å². The summed E-state index contributed by atoms with van der Waals surface area (Å²) < 4.78 is 5.14. The lowest BCUT2D eigenvalue weighted by Crippen LogP contribution is -2.38. The van der Waals surface area contributed by atoms with E-state index in [1.54, 1.807) is 18.2 Å². The molecule has 1 aromatic carbocycles. The fourth-order valence-corrected chi connectivity index (χ4v) is 1.48. The van der Waals surface area contributed by atoms with Gasteiger partial charge >= 0.3 is 6.03 Å². The van der Waals surface area contributed by atoms with E-state index in [9.17, 15) is 9.59 Å². The van der Waals surface area contributed by atoms with Crippen LogP contribution in [0.25, 0.3) is 0 Å². The monoisotopic (exact) mass is 271 g/mol. The highest BCUT2D eigenvalue weighted by molar-refractivity contribution is 6.32. The van der Waals surface area contributed by atoms with Crippen LogP contribution in [0.3, 0.4) is 0 Å². The number of ether oxygens (including phenoxy) is 1. The minimum Gasteiger partial charge on any atom is -0.482 e. The normalized spacial score (nSPS) is 11.7. The van der Waals surface area contributed by atoms with Crippen molar-refractivity contribution in [2.75, 3.05) is 6.61 Å². The zero-order valence-electron chi connectivity index (χ0n) is 9.77. The van der Waals surface area contributed by atoms with Crippen molar-refractivity contribution >= 4 is 23.5 Å². The van der Waals surface area contributed by atoms with Crippen molar-refractivity contribution in [3.05, 3.63) is 28.8 Å². The summed E-state index contributed by atoms with van der Waals surface area (Å²) in [5.41, 5.74) is 11.3. The molecule has 0 aliphatic rings. The Kier molecular flexibility index (Phi) is 4.94. The number of carbonyl (C=O) groups excluding carboxylic acids is 2. The van der Waals surface area contributed by atoms with Crippen molar-refractivity contribution in [3.63, 3.8) is 0 Å². The zero-order chi connectivity index (χ0) is 13.7.